The summed E-state index contributed by atoms with van der Waals surface area (Å²) in [6.45, 7) is 4.11. The summed E-state index contributed by atoms with van der Waals surface area (Å²) < 4.78 is 26.1. The lowest BCUT2D eigenvalue weighted by Gasteiger charge is -2.23. The third-order valence-corrected chi connectivity index (χ3v) is 4.89. The van der Waals surface area contributed by atoms with E-state index in [0.29, 0.717) is 12.2 Å². The largest absolute Gasteiger partial charge is 0.395 e. The maximum atomic E-state index is 12.5. The fourth-order valence-electron chi connectivity index (χ4n) is 1.50. The second kappa shape index (κ2) is 6.83. The van der Waals surface area contributed by atoms with Gasteiger partial charge >= 0.3 is 0 Å². The number of nitrogens with one attached hydrogen (secondary N) is 1. The summed E-state index contributed by atoms with van der Waals surface area (Å²) in [4.78, 5) is 4.01. The van der Waals surface area contributed by atoms with Crippen molar-refractivity contribution >= 4 is 15.7 Å². The number of rotatable bonds is 7. The van der Waals surface area contributed by atoms with Crippen LogP contribution in [0.25, 0.3) is 0 Å². The molecular formula is C12H21N3O3S. The number of nitrogens with zero attached hydrogens (tertiary/aromatic N) is 2. The van der Waals surface area contributed by atoms with Crippen molar-refractivity contribution in [1.82, 2.24) is 9.29 Å². The first-order chi connectivity index (χ1) is 8.95. The van der Waals surface area contributed by atoms with Crippen molar-refractivity contribution in [3.8, 4) is 0 Å². The third kappa shape index (κ3) is 3.65. The Hall–Kier alpha value is -1.18. The van der Waals surface area contributed by atoms with Gasteiger partial charge in [0.2, 0.25) is 10.0 Å². The van der Waals surface area contributed by atoms with E-state index in [1.165, 1.54) is 13.2 Å². The van der Waals surface area contributed by atoms with E-state index in [-0.39, 0.29) is 11.5 Å². The van der Waals surface area contributed by atoms with Gasteiger partial charge in [-0.25, -0.2) is 8.42 Å². The second-order valence-corrected chi connectivity index (χ2v) is 6.32. The Morgan fingerprint density at radius 3 is 2.79 bits per heavy atom. The Balaban J connectivity index is 3.14. The number of anilines is 1. The number of aromatic nitrogens is 1. The number of aliphatic hydroxyl groups excluding tert-OH is 1. The van der Waals surface area contributed by atoms with E-state index in [0.717, 1.165) is 10.7 Å². The highest BCUT2D eigenvalue weighted by Crippen LogP contribution is 2.23. The van der Waals surface area contributed by atoms with Gasteiger partial charge in [-0.15, -0.1) is 0 Å². The highest BCUT2D eigenvalue weighted by Gasteiger charge is 2.27. The lowest BCUT2D eigenvalue weighted by Crippen LogP contribution is -2.37. The second-order valence-electron chi connectivity index (χ2n) is 4.35. The summed E-state index contributed by atoms with van der Waals surface area (Å²) >= 11 is 0. The number of pyridine rings is 1. The van der Waals surface area contributed by atoms with E-state index >= 15 is 0 Å². The molecule has 2 N–H and O–H groups in total. The molecule has 1 aromatic heterocycles. The smallest absolute Gasteiger partial charge is 0.246 e. The summed E-state index contributed by atoms with van der Waals surface area (Å²) in [5, 5.41) is 12.2. The molecule has 0 saturated carbocycles. The van der Waals surface area contributed by atoms with Crippen molar-refractivity contribution in [2.24, 2.45) is 0 Å². The third-order valence-electron chi connectivity index (χ3n) is 2.89. The van der Waals surface area contributed by atoms with Crippen LogP contribution in [0.2, 0.25) is 0 Å². The minimum absolute atomic E-state index is 0.131. The van der Waals surface area contributed by atoms with Gasteiger partial charge in [0, 0.05) is 32.0 Å². The van der Waals surface area contributed by atoms with E-state index in [1.54, 1.807) is 19.2 Å². The predicted molar refractivity (Wildman–Crippen MR) is 74.5 cm³/mol. The Bertz CT molecular complexity index is 505. The first-order valence-corrected chi connectivity index (χ1v) is 7.66. The molecular weight excluding hydrogens is 266 g/mol. The van der Waals surface area contributed by atoms with E-state index < -0.39 is 16.1 Å². The number of hydrogen-bond donors (Lipinski definition) is 2. The number of hydrogen-bond acceptors (Lipinski definition) is 5. The molecule has 7 heteroatoms. The Morgan fingerprint density at radius 2 is 2.21 bits per heavy atom. The molecule has 0 bridgehead atoms. The lowest BCUT2D eigenvalue weighted by molar-refractivity contribution is 0.214. The van der Waals surface area contributed by atoms with Crippen LogP contribution in [-0.4, -0.2) is 49.1 Å². The molecule has 0 aliphatic carbocycles. The quantitative estimate of drug-likeness (QED) is 0.779. The molecule has 0 aliphatic rings. The molecule has 1 atom stereocenters. The molecule has 1 unspecified atom stereocenters. The van der Waals surface area contributed by atoms with E-state index in [9.17, 15) is 8.42 Å². The van der Waals surface area contributed by atoms with Gasteiger partial charge in [-0.05, 0) is 19.4 Å². The van der Waals surface area contributed by atoms with Gasteiger partial charge in [0.25, 0.3) is 0 Å². The average Bonchev–Trinajstić information content (AvgIpc) is 2.43. The molecule has 0 saturated heterocycles. The van der Waals surface area contributed by atoms with Crippen molar-refractivity contribution in [2.75, 3.05) is 25.5 Å². The van der Waals surface area contributed by atoms with Crippen LogP contribution in [0.1, 0.15) is 20.3 Å². The molecule has 0 radical (unpaired) electrons. The molecule has 0 spiro atoms. The van der Waals surface area contributed by atoms with Gasteiger partial charge in [0.15, 0.2) is 0 Å². The fraction of sp³-hybridized carbons (Fsp3) is 0.583. The minimum atomic E-state index is -3.66. The Kier molecular flexibility index (Phi) is 5.71. The van der Waals surface area contributed by atoms with E-state index in [4.69, 9.17) is 5.11 Å². The van der Waals surface area contributed by atoms with Crippen molar-refractivity contribution in [3.05, 3.63) is 18.5 Å². The first kappa shape index (κ1) is 15.9. The van der Waals surface area contributed by atoms with Crippen LogP contribution < -0.4 is 5.32 Å². The monoisotopic (exact) mass is 287 g/mol. The van der Waals surface area contributed by atoms with E-state index in [2.05, 4.69) is 10.3 Å². The highest BCUT2D eigenvalue weighted by molar-refractivity contribution is 7.89. The van der Waals surface area contributed by atoms with Crippen LogP contribution in [0.3, 0.4) is 0 Å². The van der Waals surface area contributed by atoms with Gasteiger partial charge in [-0.2, -0.15) is 4.31 Å². The molecule has 1 aromatic rings. The van der Waals surface area contributed by atoms with Gasteiger partial charge < -0.3 is 10.4 Å². The van der Waals surface area contributed by atoms with Gasteiger partial charge in [-0.1, -0.05) is 6.92 Å². The Labute approximate surface area is 114 Å². The van der Waals surface area contributed by atoms with Crippen LogP contribution in [0.15, 0.2) is 23.4 Å². The van der Waals surface area contributed by atoms with Gasteiger partial charge in [-0.3, -0.25) is 4.98 Å². The molecule has 1 rings (SSSR count). The minimum Gasteiger partial charge on any atom is -0.395 e. The van der Waals surface area contributed by atoms with Crippen LogP contribution in [0, 0.1) is 0 Å². The zero-order valence-electron chi connectivity index (χ0n) is 11.5. The summed E-state index contributed by atoms with van der Waals surface area (Å²) in [6, 6.07) is 1.16. The molecule has 108 valence electrons. The molecule has 19 heavy (non-hydrogen) atoms. The molecule has 0 amide bonds. The zero-order chi connectivity index (χ0) is 14.5. The van der Waals surface area contributed by atoms with Crippen molar-refractivity contribution in [2.45, 2.75) is 31.2 Å². The maximum Gasteiger partial charge on any atom is 0.246 e. The normalized spacial score (nSPS) is 13.5. The Morgan fingerprint density at radius 1 is 1.53 bits per heavy atom. The molecule has 1 heterocycles. The maximum absolute atomic E-state index is 12.5. The number of aliphatic hydroxyl groups is 1. The van der Waals surface area contributed by atoms with Crippen molar-refractivity contribution in [1.29, 1.82) is 0 Å². The predicted octanol–water partition coefficient (Wildman–Crippen LogP) is 0.905. The topological polar surface area (TPSA) is 82.5 Å². The summed E-state index contributed by atoms with van der Waals surface area (Å²) in [5.74, 6) is 0. The molecule has 0 fully saturated rings. The molecule has 6 nitrogen and oxygen atoms in total. The standard InChI is InChI=1S/C12H21N3O3S/c1-4-6-14-11-5-7-13-8-12(11)19(17,18)15(3)10(2)9-16/h5,7-8,10,16H,4,6,9H2,1-3H3,(H,13,14). The van der Waals surface area contributed by atoms with Gasteiger partial charge in [0.05, 0.1) is 12.3 Å². The summed E-state index contributed by atoms with van der Waals surface area (Å²) in [6.07, 6.45) is 3.77. The van der Waals surface area contributed by atoms with Crippen molar-refractivity contribution in [3.63, 3.8) is 0 Å². The van der Waals surface area contributed by atoms with Gasteiger partial charge in [0.1, 0.15) is 4.90 Å². The first-order valence-electron chi connectivity index (χ1n) is 6.22. The number of sulfonamides is 1. The van der Waals surface area contributed by atoms with E-state index in [1.807, 2.05) is 6.92 Å². The fourth-order valence-corrected chi connectivity index (χ4v) is 2.96. The van der Waals surface area contributed by atoms with Crippen molar-refractivity contribution < 1.29 is 13.5 Å². The number of likely N-dealkylation sites (N-methyl/N-ethyl adjacent to an activating group) is 1. The SMILES string of the molecule is CCCNc1ccncc1S(=O)(=O)N(C)C(C)CO. The highest BCUT2D eigenvalue weighted by atomic mass is 32.2. The molecule has 0 aromatic carbocycles. The zero-order valence-corrected chi connectivity index (χ0v) is 12.3. The van der Waals surface area contributed by atoms with Crippen LogP contribution in [0.5, 0.6) is 0 Å². The summed E-state index contributed by atoms with van der Waals surface area (Å²) in [7, 11) is -2.21. The van der Waals surface area contributed by atoms with Crippen LogP contribution in [0.4, 0.5) is 5.69 Å². The lowest BCUT2D eigenvalue weighted by atomic mass is 10.4. The summed E-state index contributed by atoms with van der Waals surface area (Å²) in [5.41, 5.74) is 0.536. The average molecular weight is 287 g/mol. The van der Waals surface area contributed by atoms with Crippen LogP contribution >= 0.6 is 0 Å². The van der Waals surface area contributed by atoms with Crippen LogP contribution in [-0.2, 0) is 10.0 Å². The molecule has 0 aliphatic heterocycles.